The minimum atomic E-state index is 0. The highest BCUT2D eigenvalue weighted by Crippen LogP contribution is 2.16. The van der Waals surface area contributed by atoms with Gasteiger partial charge in [0, 0.05) is 6.54 Å². The summed E-state index contributed by atoms with van der Waals surface area (Å²) in [5.41, 5.74) is 2.11. The summed E-state index contributed by atoms with van der Waals surface area (Å²) in [4.78, 5) is 9.04. The molecule has 1 heterocycles. The van der Waals surface area contributed by atoms with Crippen LogP contribution in [0.15, 0.2) is 51.9 Å². The van der Waals surface area contributed by atoms with Gasteiger partial charge in [-0.2, -0.15) is 0 Å². The van der Waals surface area contributed by atoms with E-state index in [4.69, 9.17) is 4.42 Å². The van der Waals surface area contributed by atoms with Crippen LogP contribution in [0, 0.1) is 13.8 Å². The molecule has 0 spiro atoms. The maximum absolute atomic E-state index is 5.60. The summed E-state index contributed by atoms with van der Waals surface area (Å²) in [6.07, 6.45) is 0. The lowest BCUT2D eigenvalue weighted by Crippen LogP contribution is -2.36. The van der Waals surface area contributed by atoms with Crippen LogP contribution in [0.25, 0.3) is 10.8 Å². The van der Waals surface area contributed by atoms with Gasteiger partial charge in [-0.25, -0.2) is 9.98 Å². The summed E-state index contributed by atoms with van der Waals surface area (Å²) in [6.45, 7) is 7.84. The van der Waals surface area contributed by atoms with Gasteiger partial charge in [-0.3, -0.25) is 0 Å². The normalized spacial score (nSPS) is 11.3. The zero-order valence-corrected chi connectivity index (χ0v) is 17.7. The van der Waals surface area contributed by atoms with Gasteiger partial charge in [-0.15, -0.1) is 24.0 Å². The first-order valence-corrected chi connectivity index (χ1v) is 8.58. The van der Waals surface area contributed by atoms with Crippen molar-refractivity contribution < 1.29 is 4.42 Å². The Morgan fingerprint density at radius 1 is 1.08 bits per heavy atom. The zero-order chi connectivity index (χ0) is 17.6. The second-order valence-electron chi connectivity index (χ2n) is 5.98. The first-order chi connectivity index (χ1) is 12.2. The lowest BCUT2D eigenvalue weighted by atomic mass is 10.1. The summed E-state index contributed by atoms with van der Waals surface area (Å²) >= 11 is 0. The van der Waals surface area contributed by atoms with Gasteiger partial charge in [0.1, 0.15) is 5.76 Å². The number of halogens is 1. The number of fused-ring (bicyclic) bond motifs is 1. The molecule has 0 aliphatic rings. The van der Waals surface area contributed by atoms with Crippen LogP contribution in [0.5, 0.6) is 0 Å². The fraction of sp³-hybridized carbons (Fsp3) is 0.300. The predicted octanol–water partition coefficient (Wildman–Crippen LogP) is 4.32. The summed E-state index contributed by atoms with van der Waals surface area (Å²) in [5.74, 6) is 2.28. The van der Waals surface area contributed by atoms with Crippen LogP contribution in [0.4, 0.5) is 0 Å². The van der Waals surface area contributed by atoms with Crippen molar-refractivity contribution in [1.82, 2.24) is 15.6 Å². The minimum Gasteiger partial charge on any atom is -0.444 e. The second-order valence-corrected chi connectivity index (χ2v) is 5.98. The van der Waals surface area contributed by atoms with Crippen molar-refractivity contribution in [1.29, 1.82) is 0 Å². The van der Waals surface area contributed by atoms with Gasteiger partial charge < -0.3 is 15.1 Å². The van der Waals surface area contributed by atoms with E-state index in [1.165, 1.54) is 16.3 Å². The Morgan fingerprint density at radius 3 is 2.54 bits per heavy atom. The van der Waals surface area contributed by atoms with E-state index in [9.17, 15) is 0 Å². The van der Waals surface area contributed by atoms with E-state index in [0.29, 0.717) is 19.0 Å². The molecule has 0 bridgehead atoms. The highest BCUT2D eigenvalue weighted by molar-refractivity contribution is 14.0. The zero-order valence-electron chi connectivity index (χ0n) is 15.4. The molecule has 26 heavy (non-hydrogen) atoms. The summed E-state index contributed by atoms with van der Waals surface area (Å²) < 4.78 is 5.60. The summed E-state index contributed by atoms with van der Waals surface area (Å²) in [6, 6.07) is 14.8. The van der Waals surface area contributed by atoms with E-state index in [-0.39, 0.29) is 24.0 Å². The third-order valence-corrected chi connectivity index (χ3v) is 4.06. The molecule has 2 N–H and O–H groups in total. The number of rotatable bonds is 5. The van der Waals surface area contributed by atoms with Crippen molar-refractivity contribution in [3.05, 3.63) is 65.4 Å². The van der Waals surface area contributed by atoms with Crippen LogP contribution >= 0.6 is 24.0 Å². The molecule has 0 saturated carbocycles. The molecule has 3 aromatic rings. The number of aryl methyl sites for hydroxylation is 2. The lowest BCUT2D eigenvalue weighted by Gasteiger charge is -2.10. The average Bonchev–Trinajstić information content (AvgIpc) is 2.95. The number of aliphatic imine (C=N–C) groups is 1. The number of guanidine groups is 1. The van der Waals surface area contributed by atoms with E-state index in [1.54, 1.807) is 0 Å². The third-order valence-electron chi connectivity index (χ3n) is 4.06. The van der Waals surface area contributed by atoms with Gasteiger partial charge in [-0.1, -0.05) is 36.4 Å². The summed E-state index contributed by atoms with van der Waals surface area (Å²) in [7, 11) is 0. The van der Waals surface area contributed by atoms with Crippen molar-refractivity contribution in [2.45, 2.75) is 33.9 Å². The topological polar surface area (TPSA) is 62.5 Å². The molecule has 0 aliphatic heterocycles. The molecule has 3 rings (SSSR count). The van der Waals surface area contributed by atoms with Crippen molar-refractivity contribution in [2.75, 3.05) is 6.54 Å². The van der Waals surface area contributed by atoms with E-state index in [2.05, 4.69) is 63.1 Å². The molecule has 0 unspecified atom stereocenters. The molecule has 0 radical (unpaired) electrons. The number of aromatic nitrogens is 1. The van der Waals surface area contributed by atoms with Crippen LogP contribution in [0.1, 0.15) is 29.8 Å². The molecule has 5 nitrogen and oxygen atoms in total. The fourth-order valence-electron chi connectivity index (χ4n) is 2.62. The van der Waals surface area contributed by atoms with Crippen LogP contribution in [-0.4, -0.2) is 17.5 Å². The van der Waals surface area contributed by atoms with Crippen molar-refractivity contribution >= 4 is 40.7 Å². The number of oxazole rings is 1. The number of nitrogens with one attached hydrogen (secondary N) is 2. The molecule has 138 valence electrons. The standard InChI is InChI=1S/C20H24N4O.HI/c1-4-21-20(23-13-19-24-14(2)15(3)25-19)22-12-16-9-10-17-7-5-6-8-18(17)11-16;/h5-11H,4,12-13H2,1-3H3,(H2,21,22,23);1H. The molecule has 6 heteroatoms. The Morgan fingerprint density at radius 2 is 1.85 bits per heavy atom. The Kier molecular flexibility index (Phi) is 7.44. The van der Waals surface area contributed by atoms with Gasteiger partial charge >= 0.3 is 0 Å². The van der Waals surface area contributed by atoms with E-state index >= 15 is 0 Å². The maximum atomic E-state index is 5.60. The van der Waals surface area contributed by atoms with Crippen molar-refractivity contribution in [3.63, 3.8) is 0 Å². The van der Waals surface area contributed by atoms with Crippen LogP contribution in [0.2, 0.25) is 0 Å². The van der Waals surface area contributed by atoms with Crippen molar-refractivity contribution in [3.8, 4) is 0 Å². The van der Waals surface area contributed by atoms with Gasteiger partial charge in [0.2, 0.25) is 5.89 Å². The van der Waals surface area contributed by atoms with Gasteiger partial charge in [0.05, 0.1) is 18.8 Å². The Bertz CT molecular complexity index is 869. The Hall–Kier alpha value is -2.09. The first-order valence-electron chi connectivity index (χ1n) is 8.58. The number of nitrogens with zero attached hydrogens (tertiary/aromatic N) is 2. The predicted molar refractivity (Wildman–Crippen MR) is 117 cm³/mol. The van der Waals surface area contributed by atoms with Crippen LogP contribution in [0.3, 0.4) is 0 Å². The molecule has 0 saturated heterocycles. The van der Waals surface area contributed by atoms with Gasteiger partial charge in [-0.05, 0) is 43.2 Å². The average molecular weight is 464 g/mol. The molecular formula is C20H25IN4O. The van der Waals surface area contributed by atoms with E-state index in [0.717, 1.165) is 24.0 Å². The van der Waals surface area contributed by atoms with E-state index < -0.39 is 0 Å². The van der Waals surface area contributed by atoms with Crippen LogP contribution < -0.4 is 10.6 Å². The summed E-state index contributed by atoms with van der Waals surface area (Å²) in [5, 5.41) is 9.00. The molecular weight excluding hydrogens is 439 g/mol. The minimum absolute atomic E-state index is 0. The molecule has 0 fully saturated rings. The molecule has 1 aromatic heterocycles. The second kappa shape index (κ2) is 9.56. The molecule has 0 aliphatic carbocycles. The monoisotopic (exact) mass is 464 g/mol. The Balaban J connectivity index is 0.00000243. The highest BCUT2D eigenvalue weighted by atomic mass is 127. The molecule has 0 amide bonds. The number of hydrogen-bond acceptors (Lipinski definition) is 3. The largest absolute Gasteiger partial charge is 0.444 e. The lowest BCUT2D eigenvalue weighted by molar-refractivity contribution is 0.463. The fourth-order valence-corrected chi connectivity index (χ4v) is 2.62. The number of benzene rings is 2. The maximum Gasteiger partial charge on any atom is 0.214 e. The smallest absolute Gasteiger partial charge is 0.214 e. The quantitative estimate of drug-likeness (QED) is 0.336. The SMILES string of the molecule is CCNC(=NCc1ccc2ccccc2c1)NCc1nc(C)c(C)o1.I. The Labute approximate surface area is 171 Å². The molecule has 0 atom stereocenters. The van der Waals surface area contributed by atoms with Crippen molar-refractivity contribution in [2.24, 2.45) is 4.99 Å². The third kappa shape index (κ3) is 5.20. The van der Waals surface area contributed by atoms with Gasteiger partial charge in [0.15, 0.2) is 5.96 Å². The van der Waals surface area contributed by atoms with Gasteiger partial charge in [0.25, 0.3) is 0 Å². The highest BCUT2D eigenvalue weighted by Gasteiger charge is 2.06. The van der Waals surface area contributed by atoms with Crippen LogP contribution in [-0.2, 0) is 13.1 Å². The first kappa shape index (κ1) is 20.2. The number of hydrogen-bond donors (Lipinski definition) is 2. The molecule has 2 aromatic carbocycles. The van der Waals surface area contributed by atoms with E-state index in [1.807, 2.05) is 20.8 Å².